The van der Waals surface area contributed by atoms with Crippen molar-refractivity contribution >= 4 is 5.96 Å². The molecule has 0 aromatic carbocycles. The van der Waals surface area contributed by atoms with E-state index in [-0.39, 0.29) is 0 Å². The van der Waals surface area contributed by atoms with Crippen molar-refractivity contribution in [2.24, 2.45) is 10.9 Å². The summed E-state index contributed by atoms with van der Waals surface area (Å²) in [5, 5.41) is 6.75. The number of hydrogen-bond donors (Lipinski definition) is 2. The minimum atomic E-state index is 0.523. The van der Waals surface area contributed by atoms with Gasteiger partial charge in [-0.05, 0) is 33.4 Å². The van der Waals surface area contributed by atoms with Crippen molar-refractivity contribution in [1.29, 1.82) is 0 Å². The van der Waals surface area contributed by atoms with E-state index in [9.17, 15) is 0 Å². The molecule has 1 unspecified atom stereocenters. The van der Waals surface area contributed by atoms with E-state index in [1.807, 2.05) is 0 Å². The van der Waals surface area contributed by atoms with Gasteiger partial charge in [0.2, 0.25) is 0 Å². The number of hydrogen-bond acceptors (Lipinski definition) is 3. The van der Waals surface area contributed by atoms with Gasteiger partial charge in [-0.3, -0.25) is 9.89 Å². The van der Waals surface area contributed by atoms with E-state index in [0.717, 1.165) is 51.1 Å². The second kappa shape index (κ2) is 9.19. The first-order valence-corrected chi connectivity index (χ1v) is 7.93. The van der Waals surface area contributed by atoms with Crippen LogP contribution in [0.2, 0.25) is 0 Å². The molecule has 0 aromatic heterocycles. The van der Waals surface area contributed by atoms with E-state index in [0.29, 0.717) is 6.04 Å². The topological polar surface area (TPSA) is 42.9 Å². The fourth-order valence-corrected chi connectivity index (χ4v) is 2.32. The predicted molar refractivity (Wildman–Crippen MR) is 87.4 cm³/mol. The van der Waals surface area contributed by atoms with Gasteiger partial charge < -0.3 is 15.5 Å². The van der Waals surface area contributed by atoms with Crippen LogP contribution in [0, 0.1) is 5.92 Å². The molecule has 1 fully saturated rings. The minimum absolute atomic E-state index is 0.523. The van der Waals surface area contributed by atoms with Crippen molar-refractivity contribution in [3.05, 3.63) is 0 Å². The third-order valence-electron chi connectivity index (χ3n) is 3.80. The Kier molecular flexibility index (Phi) is 7.92. The molecule has 0 aliphatic carbocycles. The number of piperazine rings is 1. The van der Waals surface area contributed by atoms with Gasteiger partial charge >= 0.3 is 0 Å². The number of rotatable bonds is 6. The van der Waals surface area contributed by atoms with Crippen LogP contribution in [0.5, 0.6) is 0 Å². The Bertz CT molecular complexity index is 290. The average molecular weight is 283 g/mol. The van der Waals surface area contributed by atoms with Gasteiger partial charge in [-0.2, -0.15) is 0 Å². The van der Waals surface area contributed by atoms with Gasteiger partial charge in [0.15, 0.2) is 5.96 Å². The van der Waals surface area contributed by atoms with Crippen molar-refractivity contribution in [2.75, 3.05) is 53.4 Å². The summed E-state index contributed by atoms with van der Waals surface area (Å²) < 4.78 is 0. The van der Waals surface area contributed by atoms with E-state index in [1.165, 1.54) is 6.42 Å². The molecule has 5 heteroatoms. The number of guanidine groups is 1. The number of nitrogens with one attached hydrogen (secondary N) is 2. The lowest BCUT2D eigenvalue weighted by Gasteiger charge is -2.36. The zero-order valence-corrected chi connectivity index (χ0v) is 13.9. The molecule has 1 aliphatic heterocycles. The third-order valence-corrected chi connectivity index (χ3v) is 3.80. The molecule has 0 spiro atoms. The maximum absolute atomic E-state index is 4.74. The smallest absolute Gasteiger partial charge is 0.191 e. The van der Waals surface area contributed by atoms with Crippen LogP contribution >= 0.6 is 0 Å². The average Bonchev–Trinajstić information content (AvgIpc) is 2.39. The van der Waals surface area contributed by atoms with Crippen LogP contribution in [0.25, 0.3) is 0 Å². The van der Waals surface area contributed by atoms with Crippen LogP contribution in [0.3, 0.4) is 0 Å². The molecule has 1 saturated heterocycles. The molecule has 0 saturated carbocycles. The fraction of sp³-hybridized carbons (Fsp3) is 0.933. The van der Waals surface area contributed by atoms with Gasteiger partial charge in [0.25, 0.3) is 0 Å². The molecule has 20 heavy (non-hydrogen) atoms. The molecule has 0 aromatic rings. The van der Waals surface area contributed by atoms with Gasteiger partial charge in [0, 0.05) is 38.8 Å². The standard InChI is InChI=1S/C15H33N5/c1-6-16-15(17-8-7-13(2)3)18-11-14-12-19(4)9-10-20(14)5/h13-14H,6-12H2,1-5H3,(H2,16,17,18). The van der Waals surface area contributed by atoms with Crippen LogP contribution in [-0.2, 0) is 0 Å². The molecule has 2 N–H and O–H groups in total. The Labute approximate surface area is 124 Å². The van der Waals surface area contributed by atoms with E-state index in [1.54, 1.807) is 0 Å². The van der Waals surface area contributed by atoms with E-state index in [4.69, 9.17) is 4.99 Å². The summed E-state index contributed by atoms with van der Waals surface area (Å²) in [5.41, 5.74) is 0. The highest BCUT2D eigenvalue weighted by molar-refractivity contribution is 5.79. The molecule has 118 valence electrons. The van der Waals surface area contributed by atoms with Crippen molar-refractivity contribution in [1.82, 2.24) is 20.4 Å². The zero-order chi connectivity index (χ0) is 15.0. The number of aliphatic imine (C=N–C) groups is 1. The number of nitrogens with zero attached hydrogens (tertiary/aromatic N) is 3. The summed E-state index contributed by atoms with van der Waals surface area (Å²) in [6, 6.07) is 0.523. The summed E-state index contributed by atoms with van der Waals surface area (Å²) in [6.07, 6.45) is 1.18. The first-order chi connectivity index (χ1) is 9.52. The summed E-state index contributed by atoms with van der Waals surface area (Å²) >= 11 is 0. The SMILES string of the molecule is CCNC(=NCC1CN(C)CCN1C)NCCC(C)C. The zero-order valence-electron chi connectivity index (χ0n) is 13.9. The molecule has 1 heterocycles. The van der Waals surface area contributed by atoms with E-state index >= 15 is 0 Å². The highest BCUT2D eigenvalue weighted by atomic mass is 15.3. The lowest BCUT2D eigenvalue weighted by atomic mass is 10.1. The lowest BCUT2D eigenvalue weighted by molar-refractivity contribution is 0.119. The van der Waals surface area contributed by atoms with Crippen LogP contribution < -0.4 is 10.6 Å². The van der Waals surface area contributed by atoms with Crippen LogP contribution in [0.4, 0.5) is 0 Å². The molecular weight excluding hydrogens is 250 g/mol. The summed E-state index contributed by atoms with van der Waals surface area (Å²) in [5.74, 6) is 1.68. The van der Waals surface area contributed by atoms with Gasteiger partial charge in [0.1, 0.15) is 0 Å². The van der Waals surface area contributed by atoms with Gasteiger partial charge in [-0.1, -0.05) is 13.8 Å². The van der Waals surface area contributed by atoms with Crippen molar-refractivity contribution in [2.45, 2.75) is 33.2 Å². The van der Waals surface area contributed by atoms with E-state index < -0.39 is 0 Å². The van der Waals surface area contributed by atoms with Crippen LogP contribution in [0.1, 0.15) is 27.2 Å². The quantitative estimate of drug-likeness (QED) is 0.560. The first-order valence-electron chi connectivity index (χ1n) is 7.93. The monoisotopic (exact) mass is 283 g/mol. The van der Waals surface area contributed by atoms with Crippen molar-refractivity contribution in [3.63, 3.8) is 0 Å². The van der Waals surface area contributed by atoms with Crippen molar-refractivity contribution < 1.29 is 0 Å². The molecule has 1 aliphatic rings. The number of likely N-dealkylation sites (N-methyl/N-ethyl adjacent to an activating group) is 2. The highest BCUT2D eigenvalue weighted by Crippen LogP contribution is 2.06. The van der Waals surface area contributed by atoms with Crippen molar-refractivity contribution in [3.8, 4) is 0 Å². The van der Waals surface area contributed by atoms with Gasteiger partial charge in [-0.15, -0.1) is 0 Å². The Morgan fingerprint density at radius 1 is 1.25 bits per heavy atom. The first kappa shape index (κ1) is 17.2. The minimum Gasteiger partial charge on any atom is -0.357 e. The second-order valence-electron chi connectivity index (χ2n) is 6.23. The summed E-state index contributed by atoms with van der Waals surface area (Å²) in [4.78, 5) is 9.55. The maximum atomic E-state index is 4.74. The molecule has 0 amide bonds. The highest BCUT2D eigenvalue weighted by Gasteiger charge is 2.21. The molecular formula is C15H33N5. The molecule has 1 rings (SSSR count). The van der Waals surface area contributed by atoms with Gasteiger partial charge in [0.05, 0.1) is 6.54 Å². The summed E-state index contributed by atoms with van der Waals surface area (Å²) in [7, 11) is 4.39. The largest absolute Gasteiger partial charge is 0.357 e. The maximum Gasteiger partial charge on any atom is 0.191 e. The predicted octanol–water partition coefficient (Wildman–Crippen LogP) is 0.833. The molecule has 0 bridgehead atoms. The van der Waals surface area contributed by atoms with Crippen LogP contribution in [-0.4, -0.2) is 75.2 Å². The lowest BCUT2D eigenvalue weighted by Crippen LogP contribution is -2.51. The normalized spacial score (nSPS) is 22.3. The Morgan fingerprint density at radius 2 is 2.00 bits per heavy atom. The second-order valence-corrected chi connectivity index (χ2v) is 6.23. The Hall–Kier alpha value is -0.810. The Morgan fingerprint density at radius 3 is 2.65 bits per heavy atom. The fourth-order valence-electron chi connectivity index (χ4n) is 2.32. The third kappa shape index (κ3) is 6.57. The summed E-state index contributed by atoms with van der Waals surface area (Å²) in [6.45, 7) is 12.8. The molecule has 0 radical (unpaired) electrons. The molecule has 5 nitrogen and oxygen atoms in total. The van der Waals surface area contributed by atoms with Gasteiger partial charge in [-0.25, -0.2) is 0 Å². The Balaban J connectivity index is 2.44. The molecule has 1 atom stereocenters. The van der Waals surface area contributed by atoms with E-state index in [2.05, 4.69) is 55.3 Å². The van der Waals surface area contributed by atoms with Crippen LogP contribution in [0.15, 0.2) is 4.99 Å².